The molecule has 0 atom stereocenters. The van der Waals surface area contributed by atoms with E-state index in [1.807, 2.05) is 0 Å². The average Bonchev–Trinajstić information content (AvgIpc) is 2.08. The van der Waals surface area contributed by atoms with Gasteiger partial charge in [-0.1, -0.05) is 19.6 Å². The molecule has 1 heterocycles. The van der Waals surface area contributed by atoms with E-state index in [1.54, 1.807) is 0 Å². The van der Waals surface area contributed by atoms with E-state index in [0.717, 1.165) is 4.86 Å². The Morgan fingerprint density at radius 3 is 1.78 bits per heavy atom. The highest BCUT2D eigenvalue weighted by Crippen LogP contribution is 2.34. The summed E-state index contributed by atoms with van der Waals surface area (Å²) in [5.41, 5.74) is 0. The van der Waals surface area contributed by atoms with Crippen molar-refractivity contribution in [1.82, 2.24) is 0 Å². The van der Waals surface area contributed by atoms with E-state index >= 15 is 0 Å². The minimum Gasteiger partial charge on any atom is -0.198 e. The molecule has 1 rings (SSSR count). The second-order valence-electron chi connectivity index (χ2n) is 3.44. The minimum atomic E-state index is -0.798. The molecule has 4 heteroatoms. The quantitative estimate of drug-likeness (QED) is 0.562. The molecule has 0 nitrogen and oxygen atoms in total. The number of hydrogen-bond donors (Lipinski definition) is 0. The minimum absolute atomic E-state index is 0.798. The molecule has 0 aromatic heterocycles. The highest BCUT2D eigenvalue weighted by atomic mass is 32.2. The Labute approximate surface area is 67.4 Å². The molecule has 52 valence electrons. The number of hydrogen-bond acceptors (Lipinski definition) is 2. The normalized spacial score (nSPS) is 21.0. The third kappa shape index (κ3) is 2.24. The molecule has 0 unspecified atom stereocenters. The first-order chi connectivity index (χ1) is 4.11. The van der Waals surface area contributed by atoms with Crippen molar-refractivity contribution in [2.24, 2.45) is 0 Å². The highest BCUT2D eigenvalue weighted by molar-refractivity contribution is 8.62. The van der Waals surface area contributed by atoms with Crippen LogP contribution in [0, 0.1) is 0 Å². The first-order valence-corrected chi connectivity index (χ1v) is 9.01. The summed E-state index contributed by atoms with van der Waals surface area (Å²) < 4.78 is 0. The lowest BCUT2D eigenvalue weighted by molar-refractivity contribution is 1.59. The van der Waals surface area contributed by atoms with Gasteiger partial charge in [0.15, 0.2) is 0 Å². The van der Waals surface area contributed by atoms with E-state index < -0.39 is 7.94 Å². The molecular formula is C5H13BS2Si. The summed E-state index contributed by atoms with van der Waals surface area (Å²) in [5.74, 6) is 2.78. The molecule has 0 aromatic carbocycles. The molecule has 0 radical (unpaired) electrons. The fraction of sp³-hybridized carbons (Fsp3) is 1.00. The summed E-state index contributed by atoms with van der Waals surface area (Å²) in [6, 6.07) is 0. The van der Waals surface area contributed by atoms with Gasteiger partial charge >= 0.3 is 0 Å². The molecule has 0 aromatic rings. The van der Waals surface area contributed by atoms with Crippen LogP contribution in [0.25, 0.3) is 0 Å². The van der Waals surface area contributed by atoms with Crippen LogP contribution >= 0.6 is 23.2 Å². The van der Waals surface area contributed by atoms with E-state index in [4.69, 9.17) is 0 Å². The van der Waals surface area contributed by atoms with Gasteiger partial charge in [0, 0.05) is 7.94 Å². The summed E-state index contributed by atoms with van der Waals surface area (Å²) in [6.07, 6.45) is 0. The van der Waals surface area contributed by atoms with E-state index in [9.17, 15) is 0 Å². The standard InChI is InChI=1S/C5H13BS2Si/c1-9(2,3)6-7-4-5-8-6/h4-5H2,1-3H3. The van der Waals surface area contributed by atoms with Crippen molar-refractivity contribution < 1.29 is 0 Å². The Balaban J connectivity index is 2.42. The predicted octanol–water partition coefficient (Wildman–Crippen LogP) is 2.37. The second-order valence-corrected chi connectivity index (χ2v) is 12.3. The van der Waals surface area contributed by atoms with Crippen LogP contribution in [-0.4, -0.2) is 24.3 Å². The number of rotatable bonds is 1. The third-order valence-corrected chi connectivity index (χ3v) is 10.5. The lowest BCUT2D eigenvalue weighted by Gasteiger charge is -2.18. The van der Waals surface area contributed by atoms with Crippen LogP contribution in [0.4, 0.5) is 0 Å². The molecule has 0 spiro atoms. The van der Waals surface area contributed by atoms with Gasteiger partial charge in [-0.05, 0) is 11.5 Å². The van der Waals surface area contributed by atoms with Gasteiger partial charge in [-0.3, -0.25) is 0 Å². The van der Waals surface area contributed by atoms with Crippen molar-refractivity contribution >= 4 is 36.0 Å². The zero-order valence-electron chi connectivity index (χ0n) is 6.31. The summed E-state index contributed by atoms with van der Waals surface area (Å²) >= 11 is 4.35. The molecule has 1 aliphatic rings. The van der Waals surface area contributed by atoms with Gasteiger partial charge in [0.25, 0.3) is 4.86 Å². The SMILES string of the molecule is C[Si](C)(C)B1SCCS1. The van der Waals surface area contributed by atoms with E-state index in [0.29, 0.717) is 0 Å². The Morgan fingerprint density at radius 1 is 1.11 bits per heavy atom. The molecular weight excluding hydrogens is 163 g/mol. The largest absolute Gasteiger partial charge is 0.261 e. The van der Waals surface area contributed by atoms with Crippen molar-refractivity contribution in [2.45, 2.75) is 19.6 Å². The van der Waals surface area contributed by atoms with E-state index in [1.165, 1.54) is 11.5 Å². The third-order valence-electron chi connectivity index (χ3n) is 1.33. The van der Waals surface area contributed by atoms with Crippen molar-refractivity contribution in [2.75, 3.05) is 11.5 Å². The molecule has 1 fully saturated rings. The van der Waals surface area contributed by atoms with Crippen LogP contribution in [0.2, 0.25) is 19.6 Å². The zero-order valence-corrected chi connectivity index (χ0v) is 8.94. The van der Waals surface area contributed by atoms with E-state index in [2.05, 4.69) is 42.9 Å². The molecule has 0 N–H and O–H groups in total. The highest BCUT2D eigenvalue weighted by Gasteiger charge is 2.34. The molecule has 1 aliphatic heterocycles. The van der Waals surface area contributed by atoms with Crippen LogP contribution in [0.3, 0.4) is 0 Å². The molecule has 0 amide bonds. The van der Waals surface area contributed by atoms with Gasteiger partial charge in [0.05, 0.1) is 0 Å². The summed E-state index contributed by atoms with van der Waals surface area (Å²) in [6.45, 7) is 7.38. The summed E-state index contributed by atoms with van der Waals surface area (Å²) in [4.78, 5) is 0.984. The zero-order chi connectivity index (χ0) is 6.91. The van der Waals surface area contributed by atoms with Gasteiger partial charge < -0.3 is 0 Å². The first kappa shape index (κ1) is 8.08. The maximum atomic E-state index is 2.46. The van der Waals surface area contributed by atoms with E-state index in [-0.39, 0.29) is 0 Å². The van der Waals surface area contributed by atoms with Gasteiger partial charge in [0.1, 0.15) is 0 Å². The molecule has 1 saturated heterocycles. The van der Waals surface area contributed by atoms with Crippen LogP contribution in [0.15, 0.2) is 0 Å². The van der Waals surface area contributed by atoms with Crippen LogP contribution < -0.4 is 0 Å². The molecule has 0 aliphatic carbocycles. The maximum absolute atomic E-state index is 2.46. The van der Waals surface area contributed by atoms with Gasteiger partial charge in [-0.15, -0.1) is 0 Å². The molecule has 0 bridgehead atoms. The van der Waals surface area contributed by atoms with Crippen LogP contribution in [0.1, 0.15) is 0 Å². The topological polar surface area (TPSA) is 0 Å². The summed E-state index contributed by atoms with van der Waals surface area (Å²) in [7, 11) is -0.798. The molecule has 9 heavy (non-hydrogen) atoms. The first-order valence-electron chi connectivity index (χ1n) is 3.34. The van der Waals surface area contributed by atoms with Crippen molar-refractivity contribution in [3.8, 4) is 0 Å². The Bertz CT molecular complexity index is 95.6. The lowest BCUT2D eigenvalue weighted by atomic mass is 10.7. The van der Waals surface area contributed by atoms with Crippen molar-refractivity contribution in [1.29, 1.82) is 0 Å². The summed E-state index contributed by atoms with van der Waals surface area (Å²) in [5, 5.41) is 0. The van der Waals surface area contributed by atoms with Gasteiger partial charge in [-0.2, -0.15) is 23.2 Å². The van der Waals surface area contributed by atoms with Crippen molar-refractivity contribution in [3.05, 3.63) is 0 Å². The fourth-order valence-corrected chi connectivity index (χ4v) is 7.73. The van der Waals surface area contributed by atoms with Crippen LogP contribution in [0.5, 0.6) is 0 Å². The Hall–Kier alpha value is 0.982. The Kier molecular flexibility index (Phi) is 2.63. The monoisotopic (exact) mass is 176 g/mol. The maximum Gasteiger partial charge on any atom is 0.261 e. The molecule has 0 saturated carbocycles. The van der Waals surface area contributed by atoms with Crippen LogP contribution in [-0.2, 0) is 0 Å². The smallest absolute Gasteiger partial charge is 0.198 e. The fourth-order valence-electron chi connectivity index (χ4n) is 0.858. The Morgan fingerprint density at radius 2 is 1.56 bits per heavy atom. The van der Waals surface area contributed by atoms with Crippen molar-refractivity contribution in [3.63, 3.8) is 0 Å². The second kappa shape index (κ2) is 2.93. The predicted molar refractivity (Wildman–Crippen MR) is 54.0 cm³/mol. The van der Waals surface area contributed by atoms with Gasteiger partial charge in [-0.25, -0.2) is 0 Å². The average molecular weight is 176 g/mol. The lowest BCUT2D eigenvalue weighted by Crippen LogP contribution is -2.36. The van der Waals surface area contributed by atoms with Gasteiger partial charge in [0.2, 0.25) is 0 Å².